The van der Waals surface area contributed by atoms with Gasteiger partial charge in [-0.05, 0) is 92.1 Å². The van der Waals surface area contributed by atoms with Crippen LogP contribution in [0.25, 0.3) is 6.08 Å². The van der Waals surface area contributed by atoms with E-state index in [4.69, 9.17) is 9.47 Å². The molecule has 0 aromatic heterocycles. The van der Waals surface area contributed by atoms with Crippen molar-refractivity contribution in [2.24, 2.45) is 4.99 Å². The third kappa shape index (κ3) is 6.35. The number of amides is 1. The molecule has 1 aliphatic heterocycles. The molecule has 1 amide bonds. The lowest BCUT2D eigenvalue weighted by Crippen LogP contribution is -2.19. The van der Waals surface area contributed by atoms with Crippen LogP contribution in [-0.4, -0.2) is 17.7 Å². The Balaban J connectivity index is 1.52. The number of carbonyl (C=O) groups is 1. The standard InChI is InChI=1S/C28H27BrN2O3S/c1-5-33-24-14-20(9-10-23(24)34-16-21-8-6-7-17(2)11-21)15-25-27(32)31-28(35-25)30-22-12-18(3)26(29)19(4)13-22/h6-15H,5,16H2,1-4H3,(H,30,31,32)/b25-15-. The van der Waals surface area contributed by atoms with Crippen molar-refractivity contribution < 1.29 is 14.3 Å². The Bertz CT molecular complexity index is 1310. The van der Waals surface area contributed by atoms with E-state index < -0.39 is 0 Å². The van der Waals surface area contributed by atoms with Crippen LogP contribution in [0, 0.1) is 20.8 Å². The molecule has 0 bridgehead atoms. The van der Waals surface area contributed by atoms with Crippen LogP contribution in [0.4, 0.5) is 5.69 Å². The molecule has 180 valence electrons. The van der Waals surface area contributed by atoms with Crippen molar-refractivity contribution >= 4 is 50.5 Å². The maximum absolute atomic E-state index is 12.6. The molecule has 7 heteroatoms. The molecular formula is C28H27BrN2O3S. The average Bonchev–Trinajstić information content (AvgIpc) is 3.15. The largest absolute Gasteiger partial charge is 0.490 e. The summed E-state index contributed by atoms with van der Waals surface area (Å²) >= 11 is 4.90. The minimum Gasteiger partial charge on any atom is -0.490 e. The molecule has 0 radical (unpaired) electrons. The van der Waals surface area contributed by atoms with Crippen LogP contribution in [0.15, 0.2) is 69.0 Å². The Morgan fingerprint density at radius 3 is 2.49 bits per heavy atom. The molecule has 0 aliphatic carbocycles. The summed E-state index contributed by atoms with van der Waals surface area (Å²) in [6, 6.07) is 17.9. The molecule has 1 aliphatic rings. The fraction of sp³-hybridized carbons (Fsp3) is 0.214. The van der Waals surface area contributed by atoms with Gasteiger partial charge in [0, 0.05) is 4.47 Å². The van der Waals surface area contributed by atoms with E-state index in [1.807, 2.05) is 69.3 Å². The highest BCUT2D eigenvalue weighted by Gasteiger charge is 2.24. The van der Waals surface area contributed by atoms with Gasteiger partial charge in [0.1, 0.15) is 6.61 Å². The first kappa shape index (κ1) is 25.1. The van der Waals surface area contributed by atoms with Gasteiger partial charge in [-0.2, -0.15) is 0 Å². The predicted octanol–water partition coefficient (Wildman–Crippen LogP) is 7.24. The third-order valence-electron chi connectivity index (χ3n) is 5.34. The van der Waals surface area contributed by atoms with Gasteiger partial charge in [-0.15, -0.1) is 0 Å². The van der Waals surface area contributed by atoms with Crippen molar-refractivity contribution in [1.29, 1.82) is 0 Å². The normalized spacial score (nSPS) is 15.5. The van der Waals surface area contributed by atoms with Crippen molar-refractivity contribution in [2.45, 2.75) is 34.3 Å². The van der Waals surface area contributed by atoms with Gasteiger partial charge in [0.25, 0.3) is 5.91 Å². The first-order valence-electron chi connectivity index (χ1n) is 11.3. The zero-order valence-corrected chi connectivity index (χ0v) is 22.5. The summed E-state index contributed by atoms with van der Waals surface area (Å²) < 4.78 is 12.9. The van der Waals surface area contributed by atoms with E-state index in [1.54, 1.807) is 0 Å². The molecule has 0 spiro atoms. The number of rotatable bonds is 7. The topological polar surface area (TPSA) is 59.9 Å². The predicted molar refractivity (Wildman–Crippen MR) is 148 cm³/mol. The number of aryl methyl sites for hydroxylation is 3. The molecule has 0 unspecified atom stereocenters. The zero-order chi connectivity index (χ0) is 24.9. The molecule has 5 nitrogen and oxygen atoms in total. The van der Waals surface area contributed by atoms with Crippen molar-refractivity contribution in [1.82, 2.24) is 5.32 Å². The number of nitrogens with zero attached hydrogens (tertiary/aromatic N) is 1. The van der Waals surface area contributed by atoms with Crippen molar-refractivity contribution in [3.8, 4) is 11.5 Å². The highest BCUT2D eigenvalue weighted by atomic mass is 79.9. The Morgan fingerprint density at radius 2 is 1.77 bits per heavy atom. The van der Waals surface area contributed by atoms with Crippen LogP contribution in [-0.2, 0) is 11.4 Å². The van der Waals surface area contributed by atoms with Crippen molar-refractivity contribution in [3.63, 3.8) is 0 Å². The van der Waals surface area contributed by atoms with Crippen molar-refractivity contribution in [2.75, 3.05) is 6.61 Å². The van der Waals surface area contributed by atoms with E-state index >= 15 is 0 Å². The quantitative estimate of drug-likeness (QED) is 0.315. The Hall–Kier alpha value is -3.03. The van der Waals surface area contributed by atoms with Crippen LogP contribution in [0.2, 0.25) is 0 Å². The maximum Gasteiger partial charge on any atom is 0.264 e. The lowest BCUT2D eigenvalue weighted by atomic mass is 10.1. The molecule has 1 heterocycles. The van der Waals surface area contributed by atoms with Gasteiger partial charge in [0.05, 0.1) is 17.2 Å². The van der Waals surface area contributed by atoms with E-state index in [0.29, 0.717) is 34.8 Å². The second-order valence-electron chi connectivity index (χ2n) is 8.29. The van der Waals surface area contributed by atoms with Gasteiger partial charge in [-0.25, -0.2) is 4.99 Å². The Morgan fingerprint density at radius 1 is 1.00 bits per heavy atom. The number of hydrogen-bond acceptors (Lipinski definition) is 5. The van der Waals surface area contributed by atoms with Crippen LogP contribution in [0.5, 0.6) is 11.5 Å². The number of carbonyl (C=O) groups excluding carboxylic acids is 1. The summed E-state index contributed by atoms with van der Waals surface area (Å²) in [4.78, 5) is 17.8. The number of benzene rings is 3. The molecular weight excluding hydrogens is 524 g/mol. The van der Waals surface area contributed by atoms with Gasteiger partial charge in [0.2, 0.25) is 0 Å². The highest BCUT2D eigenvalue weighted by Crippen LogP contribution is 2.34. The molecule has 1 N–H and O–H groups in total. The number of hydrogen-bond donors (Lipinski definition) is 1. The van der Waals surface area contributed by atoms with Crippen LogP contribution in [0.3, 0.4) is 0 Å². The highest BCUT2D eigenvalue weighted by molar-refractivity contribution is 9.10. The number of aliphatic imine (C=N–C) groups is 1. The first-order chi connectivity index (χ1) is 16.8. The summed E-state index contributed by atoms with van der Waals surface area (Å²) in [5.74, 6) is 1.15. The SMILES string of the molecule is CCOc1cc(/C=C2\SC(=Nc3cc(C)c(Br)c(C)c3)NC2=O)ccc1OCc1cccc(C)c1. The summed E-state index contributed by atoms with van der Waals surface area (Å²) in [5, 5.41) is 3.42. The molecule has 3 aromatic rings. The van der Waals surface area contributed by atoms with Gasteiger partial charge in [-0.1, -0.05) is 51.8 Å². The van der Waals surface area contributed by atoms with Crippen LogP contribution in [0.1, 0.15) is 34.7 Å². The number of nitrogens with one attached hydrogen (secondary N) is 1. The van der Waals surface area contributed by atoms with E-state index in [-0.39, 0.29) is 5.91 Å². The molecule has 35 heavy (non-hydrogen) atoms. The van der Waals surface area contributed by atoms with Gasteiger partial charge >= 0.3 is 0 Å². The number of halogens is 1. The number of amidine groups is 1. The van der Waals surface area contributed by atoms with Gasteiger partial charge in [-0.3, -0.25) is 4.79 Å². The molecule has 1 saturated heterocycles. The van der Waals surface area contributed by atoms with Gasteiger partial charge < -0.3 is 14.8 Å². The Kier molecular flexibility index (Phi) is 7.98. The molecule has 1 fully saturated rings. The molecule has 3 aromatic carbocycles. The van der Waals surface area contributed by atoms with Gasteiger partial charge in [0.15, 0.2) is 16.7 Å². The zero-order valence-electron chi connectivity index (χ0n) is 20.1. The average molecular weight is 552 g/mol. The van der Waals surface area contributed by atoms with Crippen LogP contribution >= 0.6 is 27.7 Å². The molecule has 0 atom stereocenters. The van der Waals surface area contributed by atoms with E-state index in [2.05, 4.69) is 45.3 Å². The minimum atomic E-state index is -0.169. The summed E-state index contributed by atoms with van der Waals surface area (Å²) in [7, 11) is 0. The lowest BCUT2D eigenvalue weighted by molar-refractivity contribution is -0.115. The summed E-state index contributed by atoms with van der Waals surface area (Å²) in [6.07, 6.45) is 1.84. The Labute approximate surface area is 218 Å². The number of thioether (sulfide) groups is 1. The second kappa shape index (κ2) is 11.1. The minimum absolute atomic E-state index is 0.169. The number of ether oxygens (including phenoxy) is 2. The monoisotopic (exact) mass is 550 g/mol. The van der Waals surface area contributed by atoms with E-state index in [9.17, 15) is 4.79 Å². The van der Waals surface area contributed by atoms with E-state index in [0.717, 1.165) is 32.4 Å². The first-order valence-corrected chi connectivity index (χ1v) is 12.9. The molecule has 0 saturated carbocycles. The maximum atomic E-state index is 12.6. The lowest BCUT2D eigenvalue weighted by Gasteiger charge is -2.13. The smallest absolute Gasteiger partial charge is 0.264 e. The summed E-state index contributed by atoms with van der Waals surface area (Å²) in [6.45, 7) is 9.01. The fourth-order valence-corrected chi connectivity index (χ4v) is 4.77. The fourth-order valence-electron chi connectivity index (χ4n) is 3.70. The van der Waals surface area contributed by atoms with E-state index in [1.165, 1.54) is 17.3 Å². The van der Waals surface area contributed by atoms with Crippen LogP contribution < -0.4 is 14.8 Å². The second-order valence-corrected chi connectivity index (χ2v) is 10.1. The van der Waals surface area contributed by atoms with Crippen molar-refractivity contribution in [3.05, 3.63) is 91.8 Å². The third-order valence-corrected chi connectivity index (χ3v) is 7.51. The molecule has 4 rings (SSSR count). The summed E-state index contributed by atoms with van der Waals surface area (Å²) in [5.41, 5.74) is 6.15.